The van der Waals surface area contributed by atoms with Crippen LogP contribution < -0.4 is 5.90 Å². The number of hydrogen-bond acceptors (Lipinski definition) is 5. The molecule has 0 amide bonds. The Morgan fingerprint density at radius 3 is 2.20 bits per heavy atom. The van der Waals surface area contributed by atoms with Crippen molar-refractivity contribution in [1.29, 1.82) is 0 Å². The van der Waals surface area contributed by atoms with Crippen LogP contribution in [0.25, 0.3) is 0 Å². The molecule has 0 spiro atoms. The summed E-state index contributed by atoms with van der Waals surface area (Å²) in [6, 6.07) is 0. The predicted octanol–water partition coefficient (Wildman–Crippen LogP) is 0.894. The molecule has 0 aliphatic heterocycles. The molecule has 0 bridgehead atoms. The third kappa shape index (κ3) is 6.25. The second kappa shape index (κ2) is 6.58. The van der Waals surface area contributed by atoms with Gasteiger partial charge in [-0.15, -0.1) is 0 Å². The highest BCUT2D eigenvalue weighted by atomic mass is 31.2. The van der Waals surface area contributed by atoms with Gasteiger partial charge >= 0.3 is 7.60 Å². The van der Waals surface area contributed by atoms with Crippen molar-refractivity contribution in [1.82, 2.24) is 0 Å². The first-order chi connectivity index (χ1) is 6.81. The molecule has 1 atom stereocenters. The summed E-state index contributed by atoms with van der Waals surface area (Å²) in [7, 11) is -3.57. The molecular formula is C8H20NO5P. The van der Waals surface area contributed by atoms with Gasteiger partial charge in [0.15, 0.2) is 0 Å². The molecule has 0 radical (unpaired) electrons. The summed E-state index contributed by atoms with van der Waals surface area (Å²) in [5, 5.41) is -0.770. The molecule has 0 aromatic rings. The Morgan fingerprint density at radius 1 is 1.20 bits per heavy atom. The number of ether oxygens (including phenoxy) is 1. The number of nitrogens with two attached hydrogens (primary N) is 1. The SMILES string of the molecule is CC(C)(C)P(=O)(O)OCCOCCON. The topological polar surface area (TPSA) is 91.0 Å². The van der Waals surface area contributed by atoms with E-state index in [2.05, 4.69) is 4.84 Å². The molecule has 92 valence electrons. The molecule has 0 aliphatic carbocycles. The van der Waals surface area contributed by atoms with E-state index < -0.39 is 12.8 Å². The average molecular weight is 241 g/mol. The summed E-state index contributed by atoms with van der Waals surface area (Å²) >= 11 is 0. The highest BCUT2D eigenvalue weighted by molar-refractivity contribution is 7.54. The molecule has 0 heterocycles. The first-order valence-corrected chi connectivity index (χ1v) is 6.26. The van der Waals surface area contributed by atoms with Crippen LogP contribution in [0.1, 0.15) is 20.8 Å². The van der Waals surface area contributed by atoms with Crippen LogP contribution in [0.4, 0.5) is 0 Å². The summed E-state index contributed by atoms with van der Waals surface area (Å²) < 4.78 is 21.5. The van der Waals surface area contributed by atoms with Crippen molar-refractivity contribution in [2.75, 3.05) is 26.4 Å². The molecule has 1 unspecified atom stereocenters. The van der Waals surface area contributed by atoms with Gasteiger partial charge in [-0.3, -0.25) is 4.57 Å². The largest absolute Gasteiger partial charge is 0.377 e. The maximum atomic E-state index is 11.6. The van der Waals surface area contributed by atoms with Crippen LogP contribution in [0.15, 0.2) is 0 Å². The second-order valence-electron chi connectivity index (χ2n) is 4.01. The minimum atomic E-state index is -3.57. The van der Waals surface area contributed by atoms with Gasteiger partial charge in [0.25, 0.3) is 0 Å². The minimum Gasteiger partial charge on any atom is -0.377 e. The van der Waals surface area contributed by atoms with E-state index in [1.165, 1.54) is 0 Å². The highest BCUT2D eigenvalue weighted by Crippen LogP contribution is 2.54. The van der Waals surface area contributed by atoms with Gasteiger partial charge in [0.2, 0.25) is 0 Å². The summed E-state index contributed by atoms with van der Waals surface area (Å²) in [5.74, 6) is 4.77. The van der Waals surface area contributed by atoms with E-state index in [9.17, 15) is 9.46 Å². The Bertz CT molecular complexity index is 216. The van der Waals surface area contributed by atoms with Gasteiger partial charge in [0.05, 0.1) is 31.6 Å². The molecule has 0 fully saturated rings. The average Bonchev–Trinajstić information content (AvgIpc) is 2.09. The monoisotopic (exact) mass is 241 g/mol. The molecule has 0 saturated carbocycles. The van der Waals surface area contributed by atoms with Crippen LogP contribution in [0.5, 0.6) is 0 Å². The van der Waals surface area contributed by atoms with Gasteiger partial charge in [-0.05, 0) is 20.8 Å². The van der Waals surface area contributed by atoms with Crippen molar-refractivity contribution in [3.63, 3.8) is 0 Å². The van der Waals surface area contributed by atoms with Crippen molar-refractivity contribution < 1.29 is 23.6 Å². The normalized spacial score (nSPS) is 16.3. The first kappa shape index (κ1) is 15.0. The smallest absolute Gasteiger partial charge is 0.333 e. The van der Waals surface area contributed by atoms with E-state index in [0.29, 0.717) is 6.61 Å². The zero-order chi connectivity index (χ0) is 11.9. The minimum absolute atomic E-state index is 0.0790. The maximum absolute atomic E-state index is 11.6. The highest BCUT2D eigenvalue weighted by Gasteiger charge is 2.35. The van der Waals surface area contributed by atoms with E-state index in [0.717, 1.165) is 0 Å². The van der Waals surface area contributed by atoms with Crippen molar-refractivity contribution in [3.05, 3.63) is 0 Å². The Balaban J connectivity index is 3.64. The molecule has 0 aromatic carbocycles. The van der Waals surface area contributed by atoms with Crippen LogP contribution >= 0.6 is 7.60 Å². The van der Waals surface area contributed by atoms with Gasteiger partial charge < -0.3 is 19.0 Å². The van der Waals surface area contributed by atoms with Gasteiger partial charge in [-0.25, -0.2) is 5.90 Å². The van der Waals surface area contributed by atoms with Crippen molar-refractivity contribution in [2.45, 2.75) is 25.9 Å². The molecule has 0 rings (SSSR count). The van der Waals surface area contributed by atoms with E-state index in [1.54, 1.807) is 20.8 Å². The van der Waals surface area contributed by atoms with Crippen LogP contribution in [-0.4, -0.2) is 36.5 Å². The Hall–Kier alpha value is 0.0300. The lowest BCUT2D eigenvalue weighted by molar-refractivity contribution is 0.0342. The Labute approximate surface area is 90.2 Å². The first-order valence-electron chi connectivity index (χ1n) is 4.68. The molecular weight excluding hydrogens is 221 g/mol. The fourth-order valence-electron chi connectivity index (χ4n) is 0.623. The lowest BCUT2D eigenvalue weighted by Crippen LogP contribution is -2.18. The summed E-state index contributed by atoms with van der Waals surface area (Å²) in [5.41, 5.74) is 0. The van der Waals surface area contributed by atoms with Crippen molar-refractivity contribution >= 4 is 7.60 Å². The molecule has 0 saturated heterocycles. The van der Waals surface area contributed by atoms with Crippen molar-refractivity contribution in [3.8, 4) is 0 Å². The number of hydrogen-bond donors (Lipinski definition) is 2. The van der Waals surface area contributed by atoms with E-state index in [-0.39, 0.29) is 19.8 Å². The lowest BCUT2D eigenvalue weighted by atomic mass is 10.3. The second-order valence-corrected chi connectivity index (χ2v) is 6.65. The summed E-state index contributed by atoms with van der Waals surface area (Å²) in [6.07, 6.45) is 0. The third-order valence-corrected chi connectivity index (χ3v) is 3.92. The zero-order valence-corrected chi connectivity index (χ0v) is 10.3. The van der Waals surface area contributed by atoms with Crippen LogP contribution in [0.3, 0.4) is 0 Å². The van der Waals surface area contributed by atoms with E-state index in [4.69, 9.17) is 15.2 Å². The summed E-state index contributed by atoms with van der Waals surface area (Å²) in [4.78, 5) is 13.8. The Morgan fingerprint density at radius 2 is 1.73 bits per heavy atom. The van der Waals surface area contributed by atoms with Crippen molar-refractivity contribution in [2.24, 2.45) is 5.90 Å². The molecule has 6 nitrogen and oxygen atoms in total. The van der Waals surface area contributed by atoms with Gasteiger partial charge in [-0.1, -0.05) is 0 Å². The van der Waals surface area contributed by atoms with Crippen LogP contribution in [0.2, 0.25) is 0 Å². The van der Waals surface area contributed by atoms with Gasteiger partial charge in [0.1, 0.15) is 0 Å². The maximum Gasteiger partial charge on any atom is 0.333 e. The fraction of sp³-hybridized carbons (Fsp3) is 1.00. The summed E-state index contributed by atoms with van der Waals surface area (Å²) in [6.45, 7) is 5.89. The van der Waals surface area contributed by atoms with E-state index >= 15 is 0 Å². The van der Waals surface area contributed by atoms with Gasteiger partial charge in [0, 0.05) is 0 Å². The molecule has 7 heteroatoms. The Kier molecular flexibility index (Phi) is 6.59. The molecule has 3 N–H and O–H groups in total. The number of rotatable bonds is 7. The molecule has 0 aliphatic rings. The van der Waals surface area contributed by atoms with Crippen LogP contribution in [0, 0.1) is 0 Å². The quantitative estimate of drug-likeness (QED) is 0.391. The molecule has 15 heavy (non-hydrogen) atoms. The van der Waals surface area contributed by atoms with E-state index in [1.807, 2.05) is 0 Å². The van der Waals surface area contributed by atoms with Crippen LogP contribution in [-0.2, 0) is 18.7 Å². The third-order valence-electron chi connectivity index (χ3n) is 1.69. The molecule has 0 aromatic heterocycles. The standard InChI is InChI=1S/C8H20NO5P/c1-8(2,3)15(10,11)14-7-5-12-4-6-13-9/h4-7,9H2,1-3H3,(H,10,11). The van der Waals surface area contributed by atoms with Gasteiger partial charge in [-0.2, -0.15) is 0 Å². The fourth-order valence-corrected chi connectivity index (χ4v) is 1.33. The predicted molar refractivity (Wildman–Crippen MR) is 56.5 cm³/mol. The zero-order valence-electron chi connectivity index (χ0n) is 9.43. The lowest BCUT2D eigenvalue weighted by Gasteiger charge is -2.24.